The first-order valence-electron chi connectivity index (χ1n) is 12.7. The van der Waals surface area contributed by atoms with Gasteiger partial charge in [0, 0.05) is 51.6 Å². The van der Waals surface area contributed by atoms with Crippen LogP contribution >= 0.6 is 0 Å². The number of hydrogen-bond donors (Lipinski definition) is 1. The fourth-order valence-electron chi connectivity index (χ4n) is 4.23. The molecule has 1 aliphatic rings. The minimum Gasteiger partial charge on any atom is -0.493 e. The molecule has 3 heterocycles. The van der Waals surface area contributed by atoms with Gasteiger partial charge in [-0.2, -0.15) is 4.98 Å². The maximum absolute atomic E-state index is 14.3. The number of piperidine rings is 1. The van der Waals surface area contributed by atoms with Crippen LogP contribution in [0.5, 0.6) is 5.75 Å². The first-order valence-corrected chi connectivity index (χ1v) is 12.7. The largest absolute Gasteiger partial charge is 0.493 e. The van der Waals surface area contributed by atoms with Crippen LogP contribution in [-0.2, 0) is 11.2 Å². The van der Waals surface area contributed by atoms with E-state index in [1.807, 2.05) is 6.92 Å². The first kappa shape index (κ1) is 26.5. The Morgan fingerprint density at radius 3 is 2.68 bits per heavy atom. The number of aryl methyl sites for hydroxylation is 1. The molecule has 1 saturated heterocycles. The van der Waals surface area contributed by atoms with Crippen LogP contribution in [0.2, 0.25) is 0 Å². The number of benzene rings is 1. The average molecular weight is 513 g/mol. The lowest BCUT2D eigenvalue weighted by Gasteiger charge is -2.32. The molecule has 37 heavy (non-hydrogen) atoms. The minimum atomic E-state index is -0.599. The summed E-state index contributed by atoms with van der Waals surface area (Å²) in [5, 5.41) is 6.57. The van der Waals surface area contributed by atoms with E-state index in [4.69, 9.17) is 14.0 Å². The Balaban J connectivity index is 1.16. The Morgan fingerprint density at radius 2 is 2.00 bits per heavy atom. The van der Waals surface area contributed by atoms with E-state index in [2.05, 4.69) is 30.3 Å². The lowest BCUT2D eigenvalue weighted by molar-refractivity contribution is 0.0933. The zero-order valence-corrected chi connectivity index (χ0v) is 21.3. The van der Waals surface area contributed by atoms with Crippen LogP contribution in [0.4, 0.5) is 10.3 Å². The molecule has 0 saturated carbocycles. The van der Waals surface area contributed by atoms with E-state index in [1.165, 1.54) is 19.2 Å². The number of aromatic nitrogens is 4. The van der Waals surface area contributed by atoms with Crippen molar-refractivity contribution in [3.8, 4) is 17.1 Å². The molecule has 0 spiro atoms. The van der Waals surface area contributed by atoms with Crippen molar-refractivity contribution < 1.29 is 23.2 Å². The molecule has 1 N–H and O–H groups in total. The van der Waals surface area contributed by atoms with Crippen LogP contribution in [0.15, 0.2) is 35.1 Å². The number of nitrogens with zero attached hydrogens (tertiary/aromatic N) is 5. The lowest BCUT2D eigenvalue weighted by Crippen LogP contribution is -2.34. The Bertz CT molecular complexity index is 1150. The molecule has 0 aliphatic carbocycles. The van der Waals surface area contributed by atoms with Gasteiger partial charge in [0.05, 0.1) is 24.3 Å². The van der Waals surface area contributed by atoms with Gasteiger partial charge in [0.15, 0.2) is 0 Å². The third kappa shape index (κ3) is 7.22. The van der Waals surface area contributed by atoms with Gasteiger partial charge >= 0.3 is 0 Å². The summed E-state index contributed by atoms with van der Waals surface area (Å²) in [5.74, 6) is 1.77. The van der Waals surface area contributed by atoms with Gasteiger partial charge in [0.1, 0.15) is 11.6 Å². The predicted molar refractivity (Wildman–Crippen MR) is 135 cm³/mol. The molecule has 2 aromatic heterocycles. The number of ether oxygens (including phenoxy) is 2. The molecule has 0 unspecified atom stereocenters. The normalized spacial score (nSPS) is 14.1. The minimum absolute atomic E-state index is 0.00530. The summed E-state index contributed by atoms with van der Waals surface area (Å²) in [6.07, 6.45) is 8.18. The molecule has 3 aromatic rings. The monoisotopic (exact) mass is 512 g/mol. The van der Waals surface area contributed by atoms with Crippen molar-refractivity contribution in [1.29, 1.82) is 0 Å². The topological polar surface area (TPSA) is 116 Å². The van der Waals surface area contributed by atoms with Crippen molar-refractivity contribution in [2.75, 3.05) is 44.9 Å². The molecule has 1 fully saturated rings. The van der Waals surface area contributed by atoms with E-state index >= 15 is 0 Å². The lowest BCUT2D eigenvalue weighted by atomic mass is 9.92. The molecule has 1 aromatic carbocycles. The van der Waals surface area contributed by atoms with Crippen LogP contribution in [0.3, 0.4) is 0 Å². The van der Waals surface area contributed by atoms with Gasteiger partial charge in [-0.1, -0.05) is 12.1 Å². The van der Waals surface area contributed by atoms with E-state index in [1.54, 1.807) is 18.5 Å². The molecule has 0 atom stereocenters. The number of halogens is 1. The van der Waals surface area contributed by atoms with Crippen LogP contribution in [0.1, 0.15) is 48.9 Å². The number of rotatable bonds is 12. The zero-order chi connectivity index (χ0) is 26.0. The van der Waals surface area contributed by atoms with Gasteiger partial charge < -0.3 is 24.2 Å². The SMILES string of the molecule is CCc1nc(-c2cnc(N3CCC(CCCOc4ccc(C(=O)NCCOC)c(F)c4)CC3)nc2)no1. The number of anilines is 1. The van der Waals surface area contributed by atoms with Crippen molar-refractivity contribution in [3.05, 3.63) is 47.9 Å². The van der Waals surface area contributed by atoms with Crippen LogP contribution in [0.25, 0.3) is 11.4 Å². The maximum atomic E-state index is 14.3. The highest BCUT2D eigenvalue weighted by molar-refractivity contribution is 5.94. The second-order valence-corrected chi connectivity index (χ2v) is 8.95. The van der Waals surface area contributed by atoms with Gasteiger partial charge in [0.25, 0.3) is 5.91 Å². The summed E-state index contributed by atoms with van der Waals surface area (Å²) in [4.78, 5) is 27.5. The number of amides is 1. The fourth-order valence-corrected chi connectivity index (χ4v) is 4.23. The molecule has 198 valence electrons. The van der Waals surface area contributed by atoms with E-state index in [0.717, 1.165) is 44.3 Å². The standard InChI is InChI=1S/C26H33FN6O4/c1-3-23-31-24(32-37-23)19-16-29-26(30-17-19)33-11-8-18(9-12-33)5-4-13-36-20-6-7-21(22(27)15-20)25(34)28-10-14-35-2/h6-7,15-18H,3-5,8-14H2,1-2H3,(H,28,34). The highest BCUT2D eigenvalue weighted by atomic mass is 19.1. The number of methoxy groups -OCH3 is 1. The zero-order valence-electron chi connectivity index (χ0n) is 21.3. The molecule has 0 radical (unpaired) electrons. The smallest absolute Gasteiger partial charge is 0.254 e. The number of carbonyl (C=O) groups is 1. The molecule has 10 nitrogen and oxygen atoms in total. The summed E-state index contributed by atoms with van der Waals surface area (Å²) in [7, 11) is 1.54. The summed E-state index contributed by atoms with van der Waals surface area (Å²) < 4.78 is 30.1. The Labute approximate surface area is 215 Å². The number of carbonyl (C=O) groups excluding carboxylic acids is 1. The van der Waals surface area contributed by atoms with Gasteiger partial charge in [-0.3, -0.25) is 4.79 Å². The van der Waals surface area contributed by atoms with Crippen LogP contribution in [0, 0.1) is 11.7 Å². The molecular weight excluding hydrogens is 479 g/mol. The first-order chi connectivity index (χ1) is 18.1. The van der Waals surface area contributed by atoms with Gasteiger partial charge in [-0.05, 0) is 43.7 Å². The highest BCUT2D eigenvalue weighted by Crippen LogP contribution is 2.25. The van der Waals surface area contributed by atoms with E-state index < -0.39 is 11.7 Å². The summed E-state index contributed by atoms with van der Waals surface area (Å²) >= 11 is 0. The molecule has 4 rings (SSSR count). The third-order valence-electron chi connectivity index (χ3n) is 6.37. The molecule has 1 aliphatic heterocycles. The predicted octanol–water partition coefficient (Wildman–Crippen LogP) is 3.68. The highest BCUT2D eigenvalue weighted by Gasteiger charge is 2.21. The van der Waals surface area contributed by atoms with Crippen molar-refractivity contribution in [2.45, 2.75) is 39.0 Å². The van der Waals surface area contributed by atoms with Crippen LogP contribution in [-0.4, -0.2) is 66.0 Å². The second kappa shape index (κ2) is 13.1. The summed E-state index contributed by atoms with van der Waals surface area (Å²) in [6.45, 7) is 4.95. The summed E-state index contributed by atoms with van der Waals surface area (Å²) in [6, 6.07) is 4.33. The fraction of sp³-hybridized carbons (Fsp3) is 0.500. The van der Waals surface area contributed by atoms with E-state index in [9.17, 15) is 9.18 Å². The molecule has 0 bridgehead atoms. The maximum Gasteiger partial charge on any atom is 0.254 e. The molecule has 11 heteroatoms. The van der Waals surface area contributed by atoms with Gasteiger partial charge in [-0.25, -0.2) is 14.4 Å². The second-order valence-electron chi connectivity index (χ2n) is 8.95. The van der Waals surface area contributed by atoms with Crippen LogP contribution < -0.4 is 15.0 Å². The van der Waals surface area contributed by atoms with Crippen molar-refractivity contribution in [1.82, 2.24) is 25.4 Å². The molecular formula is C26H33FN6O4. The van der Waals surface area contributed by atoms with Crippen molar-refractivity contribution in [3.63, 3.8) is 0 Å². The summed E-state index contributed by atoms with van der Waals surface area (Å²) in [5.41, 5.74) is 0.733. The number of hydrogen-bond acceptors (Lipinski definition) is 9. The van der Waals surface area contributed by atoms with E-state index in [-0.39, 0.29) is 5.56 Å². The third-order valence-corrected chi connectivity index (χ3v) is 6.37. The Morgan fingerprint density at radius 1 is 1.22 bits per heavy atom. The number of nitrogens with one attached hydrogen (secondary N) is 1. The van der Waals surface area contributed by atoms with E-state index in [0.29, 0.717) is 55.5 Å². The average Bonchev–Trinajstić information content (AvgIpc) is 3.41. The van der Waals surface area contributed by atoms with Crippen molar-refractivity contribution in [2.24, 2.45) is 5.92 Å². The quantitative estimate of drug-likeness (QED) is 0.363. The van der Waals surface area contributed by atoms with Crippen molar-refractivity contribution >= 4 is 11.9 Å². The Hall–Kier alpha value is -3.60. The molecule has 1 amide bonds. The van der Waals surface area contributed by atoms with Gasteiger partial charge in [-0.15, -0.1) is 0 Å². The van der Waals surface area contributed by atoms with Gasteiger partial charge in [0.2, 0.25) is 17.7 Å². The Kier molecular flexibility index (Phi) is 9.36.